The molecular weight excluding hydrogens is 1010 g/mol. The van der Waals surface area contributed by atoms with Crippen molar-refractivity contribution < 1.29 is 103 Å². The summed E-state index contributed by atoms with van der Waals surface area (Å²) in [6.07, 6.45) is -12.6. The molecule has 0 aromatic heterocycles. The van der Waals surface area contributed by atoms with Crippen molar-refractivity contribution >= 4 is 34.7 Å². The fourth-order valence-electron chi connectivity index (χ4n) is 11.7. The predicted molar refractivity (Wildman–Crippen MR) is 260 cm³/mol. The summed E-state index contributed by atoms with van der Waals surface area (Å²) in [4.78, 5) is 87.8. The van der Waals surface area contributed by atoms with Crippen molar-refractivity contribution in [1.29, 1.82) is 0 Å². The van der Waals surface area contributed by atoms with Gasteiger partial charge in [-0.3, -0.25) is 28.8 Å². The Kier molecular flexibility index (Phi) is 13.7. The van der Waals surface area contributed by atoms with Crippen LogP contribution in [0.5, 0.6) is 34.5 Å². The summed E-state index contributed by atoms with van der Waals surface area (Å²) in [5.74, 6) is -7.61. The van der Waals surface area contributed by atoms with Crippen molar-refractivity contribution in [1.82, 2.24) is 11.0 Å². The van der Waals surface area contributed by atoms with Gasteiger partial charge < -0.3 is 69.3 Å². The van der Waals surface area contributed by atoms with Crippen LogP contribution in [0.15, 0.2) is 36.4 Å². The fourth-order valence-corrected chi connectivity index (χ4v) is 11.7. The number of aliphatic hydroxyl groups is 4. The summed E-state index contributed by atoms with van der Waals surface area (Å²) in [5.41, 5.74) is -2.38. The van der Waals surface area contributed by atoms with Crippen molar-refractivity contribution in [2.75, 3.05) is 14.2 Å². The fraction of sp³-hybridized carbons (Fsp3) is 0.444. The lowest BCUT2D eigenvalue weighted by Crippen LogP contribution is -2.58. The Morgan fingerprint density at radius 2 is 0.935 bits per heavy atom. The highest BCUT2D eigenvalue weighted by atomic mass is 16.8. The van der Waals surface area contributed by atoms with E-state index in [0.717, 1.165) is 13.8 Å². The molecule has 10 rings (SSSR count). The third-order valence-corrected chi connectivity index (χ3v) is 15.9. The molecule has 4 aliphatic carbocycles. The number of ketones is 6. The summed E-state index contributed by atoms with van der Waals surface area (Å²) in [6.45, 7) is 5.26. The van der Waals surface area contributed by atoms with Crippen molar-refractivity contribution in [2.24, 2.45) is 0 Å². The molecule has 6 aliphatic rings. The van der Waals surface area contributed by atoms with Crippen LogP contribution in [0.25, 0.3) is 0 Å². The van der Waals surface area contributed by atoms with Crippen LogP contribution in [0.3, 0.4) is 0 Å². The first kappa shape index (κ1) is 53.6. The van der Waals surface area contributed by atoms with E-state index in [1.165, 1.54) is 64.5 Å². The number of rotatable bonds is 12. The number of phenols is 4. The van der Waals surface area contributed by atoms with Crippen LogP contribution < -0.4 is 20.4 Å². The summed E-state index contributed by atoms with van der Waals surface area (Å²) >= 11 is 0. The number of carbonyl (C=O) groups is 6. The largest absolute Gasteiger partial charge is 0.507 e. The number of ether oxygens (including phenoxy) is 6. The summed E-state index contributed by atoms with van der Waals surface area (Å²) in [6, 6.07) is 6.53. The van der Waals surface area contributed by atoms with Gasteiger partial charge in [0.05, 0.1) is 96.3 Å². The van der Waals surface area contributed by atoms with Gasteiger partial charge in [-0.25, -0.2) is 4.94 Å². The van der Waals surface area contributed by atoms with Gasteiger partial charge in [-0.15, -0.1) is 0 Å². The number of aromatic hydroxyl groups is 4. The number of carbonyl (C=O) groups excluding carboxylic acids is 6. The lowest BCUT2D eigenvalue weighted by molar-refractivity contribution is -0.271. The molecule has 0 saturated carbocycles. The van der Waals surface area contributed by atoms with Crippen LogP contribution in [-0.4, -0.2) is 150 Å². The first-order chi connectivity index (χ1) is 36.4. The maximum absolute atomic E-state index is 14.1. The SMILES string of the molecule is COc1cccc2c1C(=O)c1c(O)c3c(c(O)c1C2=O)C[C@@](O)(C(C)=O)C[C@@H]3OC1CC(NONC2CC(O[C@H]3C[C@](O)(C(C)=O)Cc4c(O)c5c(c(O)c43)C(=O)c3c(OC)cccc3C5=O)OC(C)C2O)C(O)C(C)O1. The monoisotopic (exact) mass is 1070 g/mol. The molecule has 10 N–H and O–H groups in total. The van der Waals surface area contributed by atoms with E-state index < -0.39 is 178 Å². The van der Waals surface area contributed by atoms with E-state index in [4.69, 9.17) is 33.4 Å². The average molecular weight is 1070 g/mol. The maximum Gasteiger partial charge on any atom is 0.202 e. The predicted octanol–water partition coefficient (Wildman–Crippen LogP) is 2.18. The number of phenolic OH excluding ortho intramolecular Hbond substituents is 4. The first-order valence-electron chi connectivity index (χ1n) is 24.8. The number of fused-ring (bicyclic) bond motifs is 6. The van der Waals surface area contributed by atoms with Crippen molar-refractivity contribution in [2.45, 2.75) is 139 Å². The van der Waals surface area contributed by atoms with E-state index in [-0.39, 0.29) is 68.8 Å². The molecule has 0 bridgehead atoms. The van der Waals surface area contributed by atoms with Gasteiger partial charge in [0.25, 0.3) is 0 Å². The molecule has 4 aromatic carbocycles. The minimum Gasteiger partial charge on any atom is -0.507 e. The third-order valence-electron chi connectivity index (χ3n) is 15.9. The van der Waals surface area contributed by atoms with Crippen LogP contribution in [0.4, 0.5) is 0 Å². The van der Waals surface area contributed by atoms with E-state index >= 15 is 0 Å². The van der Waals surface area contributed by atoms with Crippen LogP contribution in [-0.2, 0) is 46.3 Å². The summed E-state index contributed by atoms with van der Waals surface area (Å²) in [5, 5.41) is 93.4. The Labute approximate surface area is 438 Å². The Morgan fingerprint density at radius 1 is 0.571 bits per heavy atom. The van der Waals surface area contributed by atoms with Crippen molar-refractivity contribution in [3.05, 3.63) is 103 Å². The van der Waals surface area contributed by atoms with E-state index in [2.05, 4.69) is 11.0 Å². The summed E-state index contributed by atoms with van der Waals surface area (Å²) in [7, 11) is 2.59. The second kappa shape index (κ2) is 19.6. The zero-order valence-corrected chi connectivity index (χ0v) is 42.4. The molecule has 0 spiro atoms. The Hall–Kier alpha value is -6.74. The maximum atomic E-state index is 14.1. The van der Waals surface area contributed by atoms with E-state index in [0.29, 0.717) is 0 Å². The molecule has 0 radical (unpaired) electrons. The second-order valence-corrected chi connectivity index (χ2v) is 20.5. The number of hydrogen-bond donors (Lipinski definition) is 10. The van der Waals surface area contributed by atoms with Crippen LogP contribution in [0.2, 0.25) is 0 Å². The van der Waals surface area contributed by atoms with Crippen molar-refractivity contribution in [3.63, 3.8) is 0 Å². The first-order valence-corrected chi connectivity index (χ1v) is 24.8. The van der Waals surface area contributed by atoms with Gasteiger partial charge in [-0.05, 0) is 39.8 Å². The van der Waals surface area contributed by atoms with E-state index in [9.17, 15) is 69.6 Å². The minimum atomic E-state index is -2.19. The molecule has 4 aromatic rings. The van der Waals surface area contributed by atoms with Gasteiger partial charge in [-0.1, -0.05) is 24.3 Å². The van der Waals surface area contributed by atoms with E-state index in [1.54, 1.807) is 0 Å². The van der Waals surface area contributed by atoms with Crippen LogP contribution in [0.1, 0.15) is 152 Å². The molecule has 408 valence electrons. The van der Waals surface area contributed by atoms with Gasteiger partial charge in [0.2, 0.25) is 11.6 Å². The third kappa shape index (κ3) is 8.57. The van der Waals surface area contributed by atoms with Crippen LogP contribution in [0, 0.1) is 0 Å². The lowest BCUT2D eigenvalue weighted by atomic mass is 9.72. The highest BCUT2D eigenvalue weighted by Crippen LogP contribution is 2.55. The van der Waals surface area contributed by atoms with Crippen LogP contribution >= 0.6 is 0 Å². The van der Waals surface area contributed by atoms with Gasteiger partial charge in [0.15, 0.2) is 35.7 Å². The minimum absolute atomic E-state index is 0.0412. The number of Topliss-reactive ketones (excluding diaryl/α,β-unsaturated/α-hetero) is 2. The molecular formula is C54H56N2O21. The van der Waals surface area contributed by atoms with Gasteiger partial charge in [0.1, 0.15) is 45.7 Å². The quantitative estimate of drug-likeness (QED) is 0.0620. The Balaban J connectivity index is 0.874. The van der Waals surface area contributed by atoms with E-state index in [1.807, 2.05) is 0 Å². The lowest BCUT2D eigenvalue weighted by Gasteiger charge is -2.43. The number of hydroxylamine groups is 2. The van der Waals surface area contributed by atoms with Gasteiger partial charge >= 0.3 is 0 Å². The number of hydrogen-bond acceptors (Lipinski definition) is 23. The Bertz CT molecular complexity index is 3000. The molecule has 2 aliphatic heterocycles. The van der Waals surface area contributed by atoms with Gasteiger partial charge in [0, 0.05) is 71.9 Å². The highest BCUT2D eigenvalue weighted by molar-refractivity contribution is 6.32. The number of aliphatic hydroxyl groups excluding tert-OH is 2. The Morgan fingerprint density at radius 3 is 1.29 bits per heavy atom. The molecule has 23 heteroatoms. The topological polar surface area (TPSA) is 353 Å². The molecule has 2 fully saturated rings. The normalized spacial score (nSPS) is 30.3. The second-order valence-electron chi connectivity index (χ2n) is 20.5. The highest BCUT2D eigenvalue weighted by Gasteiger charge is 2.52. The molecule has 23 nitrogen and oxygen atoms in total. The molecule has 0 amide bonds. The number of methoxy groups -OCH3 is 2. The summed E-state index contributed by atoms with van der Waals surface area (Å²) < 4.78 is 35.5. The number of nitrogens with one attached hydrogen (secondary N) is 2. The van der Waals surface area contributed by atoms with Crippen molar-refractivity contribution in [3.8, 4) is 34.5 Å². The van der Waals surface area contributed by atoms with Gasteiger partial charge in [-0.2, -0.15) is 11.0 Å². The molecule has 2 heterocycles. The molecule has 8 unspecified atom stereocenters. The molecule has 12 atom stereocenters. The standard InChI is InChI=1S/C54H56N2O21/c1-19-43(59)27(13-33(73-19)75-31-17-53(69,21(3)57)15-25-37(31)51(67)41-39(47(25)63)45(61)23-9-7-11-29(71-5)35(23)49(41)65)55-77-56-28-14-34(74-20(2)44(28)60)76-32-18-54(70,22(4)58)16-26-38(32)52(68)42-40(48(26)64)46(62)24-10-8-12-30(72-6)36(24)50(42)66/h7-12,19-20,27-28,31-34,43-44,55-56,59-60,63-64,67-70H,13-18H2,1-6H3/t19?,20?,27?,28?,31-,32-,33?,34?,43?,44?,53-,54-/m0/s1. The molecule has 2 saturated heterocycles. The zero-order valence-electron chi connectivity index (χ0n) is 42.4. The smallest absolute Gasteiger partial charge is 0.202 e. The zero-order chi connectivity index (χ0) is 55.5. The molecule has 77 heavy (non-hydrogen) atoms. The number of benzene rings is 4. The average Bonchev–Trinajstić information content (AvgIpc) is 3.48.